The van der Waals surface area contributed by atoms with Crippen molar-refractivity contribution in [3.8, 4) is 0 Å². The minimum atomic E-state index is 0.00134. The lowest BCUT2D eigenvalue weighted by Gasteiger charge is -2.31. The molecule has 0 aromatic carbocycles. The number of amides is 1. The highest BCUT2D eigenvalue weighted by Crippen LogP contribution is 2.31. The highest BCUT2D eigenvalue weighted by atomic mass is 79.9. The van der Waals surface area contributed by atoms with Crippen LogP contribution in [0.15, 0.2) is 15.9 Å². The second-order valence-electron chi connectivity index (χ2n) is 4.65. The summed E-state index contributed by atoms with van der Waals surface area (Å²) in [6.07, 6.45) is 0.974. The number of halogens is 1. The molecule has 2 rings (SSSR count). The molecule has 100 valence electrons. The quantitative estimate of drug-likeness (QED) is 0.886. The van der Waals surface area contributed by atoms with E-state index in [9.17, 15) is 4.79 Å². The number of carbonyl (C=O) groups excluding carboxylic acids is 1. The highest BCUT2D eigenvalue weighted by molar-refractivity contribution is 9.10. The van der Waals surface area contributed by atoms with Gasteiger partial charge in [0.2, 0.25) is 5.91 Å². The first-order valence-electron chi connectivity index (χ1n) is 6.08. The van der Waals surface area contributed by atoms with Crippen LogP contribution in [0.2, 0.25) is 0 Å². The summed E-state index contributed by atoms with van der Waals surface area (Å²) in [5.41, 5.74) is 6.12. The van der Waals surface area contributed by atoms with Crippen LogP contribution >= 0.6 is 27.3 Å². The molecule has 18 heavy (non-hydrogen) atoms. The average molecular weight is 332 g/mol. The zero-order chi connectivity index (χ0) is 13.1. The average Bonchev–Trinajstić information content (AvgIpc) is 2.58. The summed E-state index contributed by atoms with van der Waals surface area (Å²) in [4.78, 5) is 15.1. The lowest BCUT2D eigenvalue weighted by atomic mass is 10.1. The molecule has 4 nitrogen and oxygen atoms in total. The third-order valence-electron chi connectivity index (χ3n) is 3.06. The number of nitrogens with one attached hydrogen (secondary N) is 1. The molecule has 1 saturated heterocycles. The summed E-state index contributed by atoms with van der Waals surface area (Å²) < 4.78 is 1.08. The van der Waals surface area contributed by atoms with Crippen molar-refractivity contribution >= 4 is 33.2 Å². The van der Waals surface area contributed by atoms with E-state index in [1.165, 1.54) is 4.88 Å². The van der Waals surface area contributed by atoms with Crippen LogP contribution in [0.1, 0.15) is 24.3 Å². The standard InChI is InChI=1S/C12H18BrN3OS/c1-8(14)12(10-5-9(13)7-18-10)16-4-2-3-15-11(17)6-16/h5,7-8,12H,2-4,6,14H2,1H3,(H,15,17). The number of nitrogens with zero attached hydrogens (tertiary/aromatic N) is 1. The van der Waals surface area contributed by atoms with Crippen molar-refractivity contribution in [2.24, 2.45) is 5.73 Å². The van der Waals surface area contributed by atoms with Gasteiger partial charge in [0.25, 0.3) is 0 Å². The Morgan fingerprint density at radius 1 is 1.61 bits per heavy atom. The van der Waals surface area contributed by atoms with Crippen LogP contribution in [0.5, 0.6) is 0 Å². The van der Waals surface area contributed by atoms with Gasteiger partial charge in [0.1, 0.15) is 0 Å². The number of carbonyl (C=O) groups is 1. The summed E-state index contributed by atoms with van der Waals surface area (Å²) in [7, 11) is 0. The molecule has 3 N–H and O–H groups in total. The van der Waals surface area contributed by atoms with E-state index in [1.54, 1.807) is 11.3 Å². The van der Waals surface area contributed by atoms with Gasteiger partial charge in [0.15, 0.2) is 0 Å². The first-order valence-corrected chi connectivity index (χ1v) is 7.75. The number of hydrogen-bond donors (Lipinski definition) is 2. The van der Waals surface area contributed by atoms with Crippen LogP contribution in [0.25, 0.3) is 0 Å². The van der Waals surface area contributed by atoms with Crippen molar-refractivity contribution in [1.29, 1.82) is 0 Å². The molecular formula is C12H18BrN3OS. The Labute approximate surface area is 120 Å². The fraction of sp³-hybridized carbons (Fsp3) is 0.583. The minimum Gasteiger partial charge on any atom is -0.355 e. The van der Waals surface area contributed by atoms with Crippen molar-refractivity contribution in [1.82, 2.24) is 10.2 Å². The number of hydrogen-bond acceptors (Lipinski definition) is 4. The van der Waals surface area contributed by atoms with Gasteiger partial charge >= 0.3 is 0 Å². The van der Waals surface area contributed by atoms with Crippen LogP contribution in [0.4, 0.5) is 0 Å². The second kappa shape index (κ2) is 6.14. The fourth-order valence-corrected chi connectivity index (χ4v) is 4.02. The van der Waals surface area contributed by atoms with Crippen molar-refractivity contribution in [3.05, 3.63) is 20.8 Å². The summed E-state index contributed by atoms with van der Waals surface area (Å²) in [6.45, 7) is 4.10. The van der Waals surface area contributed by atoms with E-state index < -0.39 is 0 Å². The molecule has 0 radical (unpaired) electrons. The van der Waals surface area contributed by atoms with Gasteiger partial charge in [-0.2, -0.15) is 0 Å². The maximum Gasteiger partial charge on any atom is 0.234 e. The van der Waals surface area contributed by atoms with E-state index in [-0.39, 0.29) is 18.0 Å². The molecule has 2 heterocycles. The van der Waals surface area contributed by atoms with E-state index in [0.717, 1.165) is 24.0 Å². The van der Waals surface area contributed by atoms with Gasteiger partial charge in [-0.1, -0.05) is 0 Å². The molecule has 0 bridgehead atoms. The smallest absolute Gasteiger partial charge is 0.234 e. The Morgan fingerprint density at radius 3 is 3.00 bits per heavy atom. The molecule has 1 aliphatic heterocycles. The van der Waals surface area contributed by atoms with E-state index in [2.05, 4.69) is 37.6 Å². The maximum absolute atomic E-state index is 11.7. The van der Waals surface area contributed by atoms with Crippen LogP contribution < -0.4 is 11.1 Å². The third-order valence-corrected chi connectivity index (χ3v) is 4.83. The molecule has 2 unspecified atom stereocenters. The molecule has 1 fully saturated rings. The number of nitrogens with two attached hydrogens (primary N) is 1. The zero-order valence-electron chi connectivity index (χ0n) is 10.4. The molecule has 6 heteroatoms. The van der Waals surface area contributed by atoms with Gasteiger partial charge in [-0.15, -0.1) is 11.3 Å². The number of rotatable bonds is 3. The molecule has 1 aromatic rings. The monoisotopic (exact) mass is 331 g/mol. The van der Waals surface area contributed by atoms with Crippen molar-refractivity contribution in [3.63, 3.8) is 0 Å². The molecule has 0 spiro atoms. The van der Waals surface area contributed by atoms with E-state index in [4.69, 9.17) is 5.73 Å². The third kappa shape index (κ3) is 3.32. The summed E-state index contributed by atoms with van der Waals surface area (Å²) >= 11 is 5.16. The maximum atomic E-state index is 11.7. The topological polar surface area (TPSA) is 58.4 Å². The normalized spacial score (nSPS) is 21.2. The van der Waals surface area contributed by atoms with Gasteiger partial charge in [0, 0.05) is 33.9 Å². The van der Waals surface area contributed by atoms with Gasteiger partial charge < -0.3 is 11.1 Å². The second-order valence-corrected chi connectivity index (χ2v) is 6.50. The summed E-state index contributed by atoms with van der Waals surface area (Å²) in [6, 6.07) is 2.22. The Balaban J connectivity index is 2.21. The van der Waals surface area contributed by atoms with Crippen molar-refractivity contribution in [2.75, 3.05) is 19.6 Å². The highest BCUT2D eigenvalue weighted by Gasteiger charge is 2.28. The van der Waals surface area contributed by atoms with E-state index >= 15 is 0 Å². The molecule has 2 atom stereocenters. The van der Waals surface area contributed by atoms with Crippen LogP contribution in [-0.4, -0.2) is 36.5 Å². The Morgan fingerprint density at radius 2 is 2.39 bits per heavy atom. The van der Waals surface area contributed by atoms with Crippen LogP contribution in [0.3, 0.4) is 0 Å². The van der Waals surface area contributed by atoms with Crippen LogP contribution in [-0.2, 0) is 4.79 Å². The lowest BCUT2D eigenvalue weighted by Crippen LogP contribution is -2.42. The van der Waals surface area contributed by atoms with Gasteiger partial charge in [-0.25, -0.2) is 0 Å². The van der Waals surface area contributed by atoms with Crippen LogP contribution in [0, 0.1) is 0 Å². The predicted octanol–water partition coefficient (Wildman–Crippen LogP) is 1.72. The van der Waals surface area contributed by atoms with E-state index in [1.807, 2.05) is 6.92 Å². The fourth-order valence-electron chi connectivity index (χ4n) is 2.32. The van der Waals surface area contributed by atoms with Crippen molar-refractivity contribution < 1.29 is 4.79 Å². The van der Waals surface area contributed by atoms with Crippen molar-refractivity contribution in [2.45, 2.75) is 25.4 Å². The summed E-state index contributed by atoms with van der Waals surface area (Å²) in [5, 5.41) is 4.96. The Hall–Kier alpha value is -0.430. The Bertz CT molecular complexity index is 421. The SMILES string of the molecule is CC(N)C(c1cc(Br)cs1)N1CCCNC(=O)C1. The largest absolute Gasteiger partial charge is 0.355 e. The lowest BCUT2D eigenvalue weighted by molar-refractivity contribution is -0.122. The summed E-state index contributed by atoms with van der Waals surface area (Å²) in [5.74, 6) is 0.0915. The minimum absolute atomic E-state index is 0.00134. The zero-order valence-corrected chi connectivity index (χ0v) is 12.8. The predicted molar refractivity (Wildman–Crippen MR) is 77.6 cm³/mol. The molecule has 0 saturated carbocycles. The number of thiophene rings is 1. The first kappa shape index (κ1) is 14.0. The molecule has 1 aromatic heterocycles. The van der Waals surface area contributed by atoms with Gasteiger partial charge in [-0.3, -0.25) is 9.69 Å². The van der Waals surface area contributed by atoms with E-state index in [0.29, 0.717) is 6.54 Å². The molecular weight excluding hydrogens is 314 g/mol. The van der Waals surface area contributed by atoms with Gasteiger partial charge in [-0.05, 0) is 35.3 Å². The Kier molecular flexibility index (Phi) is 4.77. The first-order chi connectivity index (χ1) is 8.58. The molecule has 1 amide bonds. The van der Waals surface area contributed by atoms with Gasteiger partial charge in [0.05, 0.1) is 12.6 Å². The molecule has 1 aliphatic rings. The molecule has 0 aliphatic carbocycles.